The van der Waals surface area contributed by atoms with Crippen molar-refractivity contribution < 1.29 is 34.1 Å². The fourth-order valence-corrected chi connectivity index (χ4v) is 1.52. The standard InChI is InChI=1S/C12H23N5O7/c13-17-11(22)8(1-3-18)15-12(23)16-9(7-20)10(21)14-2-5-24-6-4-19/h3,8-9,19-20H,1-2,4-7,13H2,(H,14,21)(H,17,22)(H2,15,16,23)/t8-,9-/m1/s1. The number of aldehydes is 1. The van der Waals surface area contributed by atoms with Crippen LogP contribution in [0.5, 0.6) is 0 Å². The highest BCUT2D eigenvalue weighted by atomic mass is 16.5. The zero-order valence-corrected chi connectivity index (χ0v) is 13.0. The Labute approximate surface area is 138 Å². The molecule has 24 heavy (non-hydrogen) atoms. The Morgan fingerprint density at radius 3 is 2.29 bits per heavy atom. The molecule has 0 bridgehead atoms. The minimum atomic E-state index is -1.26. The molecule has 0 unspecified atom stereocenters. The first-order valence-corrected chi connectivity index (χ1v) is 7.08. The first kappa shape index (κ1) is 21.7. The largest absolute Gasteiger partial charge is 0.394 e. The quantitative estimate of drug-likeness (QED) is 0.0605. The number of hydrazine groups is 1. The van der Waals surface area contributed by atoms with Crippen molar-refractivity contribution in [1.29, 1.82) is 0 Å². The van der Waals surface area contributed by atoms with E-state index in [-0.39, 0.29) is 32.8 Å². The highest BCUT2D eigenvalue weighted by Crippen LogP contribution is 1.90. The Morgan fingerprint density at radius 1 is 1.08 bits per heavy atom. The second kappa shape index (κ2) is 13.2. The summed E-state index contributed by atoms with van der Waals surface area (Å²) in [5, 5.41) is 24.4. The van der Waals surface area contributed by atoms with Crippen molar-refractivity contribution in [3.63, 3.8) is 0 Å². The van der Waals surface area contributed by atoms with E-state index in [0.29, 0.717) is 6.29 Å². The van der Waals surface area contributed by atoms with Crippen molar-refractivity contribution in [3.05, 3.63) is 0 Å². The van der Waals surface area contributed by atoms with Crippen LogP contribution in [0.25, 0.3) is 0 Å². The van der Waals surface area contributed by atoms with Gasteiger partial charge in [-0.15, -0.1) is 0 Å². The second-order valence-electron chi connectivity index (χ2n) is 4.44. The summed E-state index contributed by atoms with van der Waals surface area (Å²) in [6.07, 6.45) is 0.109. The van der Waals surface area contributed by atoms with E-state index < -0.39 is 36.5 Å². The third-order valence-corrected chi connectivity index (χ3v) is 2.68. The molecule has 2 atom stereocenters. The van der Waals surface area contributed by atoms with Crippen LogP contribution < -0.4 is 27.2 Å². The van der Waals surface area contributed by atoms with Crippen LogP contribution in [-0.2, 0) is 19.1 Å². The minimum Gasteiger partial charge on any atom is -0.394 e. The average Bonchev–Trinajstić information content (AvgIpc) is 2.58. The van der Waals surface area contributed by atoms with Crippen molar-refractivity contribution in [1.82, 2.24) is 21.4 Å². The number of aliphatic hydroxyl groups is 2. The molecule has 138 valence electrons. The van der Waals surface area contributed by atoms with Crippen LogP contribution in [0.4, 0.5) is 4.79 Å². The number of urea groups is 1. The van der Waals surface area contributed by atoms with Crippen molar-refractivity contribution >= 4 is 24.1 Å². The topological polar surface area (TPSA) is 192 Å². The number of nitrogens with two attached hydrogens (primary N) is 1. The first-order chi connectivity index (χ1) is 11.5. The summed E-state index contributed by atoms with van der Waals surface area (Å²) in [4.78, 5) is 45.3. The van der Waals surface area contributed by atoms with E-state index in [0.717, 1.165) is 0 Å². The molecular weight excluding hydrogens is 326 g/mol. The van der Waals surface area contributed by atoms with E-state index in [1.807, 2.05) is 0 Å². The Morgan fingerprint density at radius 2 is 1.75 bits per heavy atom. The zero-order chi connectivity index (χ0) is 18.4. The lowest BCUT2D eigenvalue weighted by atomic mass is 10.2. The summed E-state index contributed by atoms with van der Waals surface area (Å²) < 4.78 is 4.93. The Bertz CT molecular complexity index is 421. The fourth-order valence-electron chi connectivity index (χ4n) is 1.52. The molecule has 12 nitrogen and oxygen atoms in total. The Kier molecular flexibility index (Phi) is 11.9. The van der Waals surface area contributed by atoms with Crippen molar-refractivity contribution in [2.45, 2.75) is 18.5 Å². The van der Waals surface area contributed by atoms with Crippen LogP contribution >= 0.6 is 0 Å². The Hall–Kier alpha value is -2.28. The second-order valence-corrected chi connectivity index (χ2v) is 4.44. The number of hydrogen-bond acceptors (Lipinski definition) is 8. The molecule has 0 rings (SSSR count). The van der Waals surface area contributed by atoms with Crippen molar-refractivity contribution in [2.75, 3.05) is 33.0 Å². The minimum absolute atomic E-state index is 0.113. The highest BCUT2D eigenvalue weighted by Gasteiger charge is 2.23. The van der Waals surface area contributed by atoms with Gasteiger partial charge in [0.05, 0.1) is 26.4 Å². The molecule has 4 amide bonds. The van der Waals surface area contributed by atoms with Gasteiger partial charge < -0.3 is 35.7 Å². The number of hydrogen-bond donors (Lipinski definition) is 7. The Balaban J connectivity index is 4.37. The maximum atomic E-state index is 11.8. The van der Waals surface area contributed by atoms with Gasteiger partial charge in [0, 0.05) is 13.0 Å². The number of nitrogens with one attached hydrogen (secondary N) is 4. The van der Waals surface area contributed by atoms with Gasteiger partial charge >= 0.3 is 6.03 Å². The van der Waals surface area contributed by atoms with Crippen LogP contribution in [-0.4, -0.2) is 79.4 Å². The molecule has 0 aromatic carbocycles. The lowest BCUT2D eigenvalue weighted by Crippen LogP contribution is -2.56. The maximum Gasteiger partial charge on any atom is 0.316 e. The maximum absolute atomic E-state index is 11.8. The fraction of sp³-hybridized carbons (Fsp3) is 0.667. The van der Waals surface area contributed by atoms with E-state index in [9.17, 15) is 19.2 Å². The van der Waals surface area contributed by atoms with Gasteiger partial charge in [-0.25, -0.2) is 10.6 Å². The summed E-state index contributed by atoms with van der Waals surface area (Å²) >= 11 is 0. The van der Waals surface area contributed by atoms with E-state index in [1.54, 1.807) is 5.43 Å². The van der Waals surface area contributed by atoms with Gasteiger partial charge in [0.2, 0.25) is 5.91 Å². The molecule has 0 saturated heterocycles. The van der Waals surface area contributed by atoms with Crippen molar-refractivity contribution in [3.8, 4) is 0 Å². The lowest BCUT2D eigenvalue weighted by Gasteiger charge is -2.19. The predicted molar refractivity (Wildman–Crippen MR) is 80.3 cm³/mol. The van der Waals surface area contributed by atoms with Gasteiger partial charge in [0.1, 0.15) is 18.4 Å². The van der Waals surface area contributed by atoms with Crippen molar-refractivity contribution in [2.24, 2.45) is 5.84 Å². The van der Waals surface area contributed by atoms with E-state index >= 15 is 0 Å². The van der Waals surface area contributed by atoms with Gasteiger partial charge in [0.25, 0.3) is 5.91 Å². The van der Waals surface area contributed by atoms with Crippen LogP contribution in [0.15, 0.2) is 0 Å². The predicted octanol–water partition coefficient (Wildman–Crippen LogP) is -4.28. The van der Waals surface area contributed by atoms with Gasteiger partial charge in [-0.3, -0.25) is 15.0 Å². The van der Waals surface area contributed by atoms with Crippen LogP contribution in [0.1, 0.15) is 6.42 Å². The molecule has 0 aromatic heterocycles. The molecule has 0 aliphatic carbocycles. The summed E-state index contributed by atoms with van der Waals surface area (Å²) in [6.45, 7) is -0.441. The summed E-state index contributed by atoms with van der Waals surface area (Å²) in [6, 6.07) is -3.40. The van der Waals surface area contributed by atoms with E-state index in [1.165, 1.54) is 0 Å². The zero-order valence-electron chi connectivity index (χ0n) is 13.0. The van der Waals surface area contributed by atoms with E-state index in [4.69, 9.17) is 20.8 Å². The molecule has 0 heterocycles. The molecule has 0 aromatic rings. The third-order valence-electron chi connectivity index (χ3n) is 2.68. The monoisotopic (exact) mass is 349 g/mol. The van der Waals surface area contributed by atoms with Crippen LogP contribution in [0, 0.1) is 0 Å². The average molecular weight is 349 g/mol. The summed E-state index contributed by atoms with van der Waals surface area (Å²) in [5.74, 6) is 3.47. The molecule has 0 fully saturated rings. The third kappa shape index (κ3) is 8.99. The molecular formula is C12H23N5O7. The number of carbonyl (C=O) groups is 4. The molecule has 0 radical (unpaired) electrons. The number of carbonyl (C=O) groups excluding carboxylic acids is 4. The van der Waals surface area contributed by atoms with E-state index in [2.05, 4.69) is 16.0 Å². The first-order valence-electron chi connectivity index (χ1n) is 7.08. The molecule has 0 aliphatic rings. The summed E-state index contributed by atoms with van der Waals surface area (Å²) in [7, 11) is 0. The molecule has 0 saturated carbocycles. The molecule has 12 heteroatoms. The number of amides is 4. The number of ether oxygens (including phenoxy) is 1. The smallest absolute Gasteiger partial charge is 0.316 e. The van der Waals surface area contributed by atoms with Crippen LogP contribution in [0.3, 0.4) is 0 Å². The van der Waals surface area contributed by atoms with Gasteiger partial charge in [-0.2, -0.15) is 0 Å². The summed E-state index contributed by atoms with van der Waals surface area (Å²) in [5.41, 5.74) is 1.79. The molecule has 0 aliphatic heterocycles. The van der Waals surface area contributed by atoms with Crippen LogP contribution in [0.2, 0.25) is 0 Å². The highest BCUT2D eigenvalue weighted by molar-refractivity contribution is 5.91. The van der Waals surface area contributed by atoms with Gasteiger partial charge in [-0.05, 0) is 0 Å². The lowest BCUT2D eigenvalue weighted by molar-refractivity contribution is -0.124. The molecule has 8 N–H and O–H groups in total. The van der Waals surface area contributed by atoms with Gasteiger partial charge in [0.15, 0.2) is 0 Å². The normalized spacial score (nSPS) is 12.6. The molecule has 0 spiro atoms. The SMILES string of the molecule is NNC(=O)[C@@H](CC=O)NC(=O)N[C@H](CO)C(=O)NCCOCCO. The number of aliphatic hydroxyl groups excluding tert-OH is 2. The number of rotatable bonds is 12. The van der Waals surface area contributed by atoms with Gasteiger partial charge in [-0.1, -0.05) is 0 Å².